The van der Waals surface area contributed by atoms with Crippen LogP contribution >= 0.6 is 11.6 Å². The molecule has 0 radical (unpaired) electrons. The SMILES string of the molecule is COCCN(C)CCNC1CC(c2ccc(Cl)cc2)C1. The maximum atomic E-state index is 5.91. The van der Waals surface area contributed by atoms with E-state index in [0.717, 1.165) is 31.3 Å². The lowest BCUT2D eigenvalue weighted by atomic mass is 9.76. The molecule has 4 heteroatoms. The van der Waals surface area contributed by atoms with Gasteiger partial charge in [-0.1, -0.05) is 23.7 Å². The molecule has 3 nitrogen and oxygen atoms in total. The predicted molar refractivity (Wildman–Crippen MR) is 84.6 cm³/mol. The van der Waals surface area contributed by atoms with Gasteiger partial charge in [0.1, 0.15) is 0 Å². The molecule has 1 aliphatic carbocycles. The number of ether oxygens (including phenoxy) is 1. The maximum Gasteiger partial charge on any atom is 0.0589 e. The van der Waals surface area contributed by atoms with E-state index in [1.807, 2.05) is 12.1 Å². The number of halogens is 1. The third-order valence-corrected chi connectivity index (χ3v) is 4.34. The quantitative estimate of drug-likeness (QED) is 0.798. The molecule has 20 heavy (non-hydrogen) atoms. The molecule has 0 amide bonds. The van der Waals surface area contributed by atoms with E-state index in [2.05, 4.69) is 29.4 Å². The summed E-state index contributed by atoms with van der Waals surface area (Å²) in [6, 6.07) is 8.96. The number of rotatable bonds is 8. The Morgan fingerprint density at radius 2 is 1.95 bits per heavy atom. The van der Waals surface area contributed by atoms with Crippen LogP contribution in [0.4, 0.5) is 0 Å². The van der Waals surface area contributed by atoms with Crippen LogP contribution in [0.15, 0.2) is 24.3 Å². The van der Waals surface area contributed by atoms with Crippen LogP contribution in [0.25, 0.3) is 0 Å². The topological polar surface area (TPSA) is 24.5 Å². The van der Waals surface area contributed by atoms with E-state index in [-0.39, 0.29) is 0 Å². The van der Waals surface area contributed by atoms with Crippen molar-refractivity contribution in [1.29, 1.82) is 0 Å². The zero-order valence-corrected chi connectivity index (χ0v) is 13.2. The van der Waals surface area contributed by atoms with Gasteiger partial charge in [-0.2, -0.15) is 0 Å². The van der Waals surface area contributed by atoms with Crippen molar-refractivity contribution in [2.75, 3.05) is 40.4 Å². The number of methoxy groups -OCH3 is 1. The lowest BCUT2D eigenvalue weighted by molar-refractivity contribution is 0.159. The maximum absolute atomic E-state index is 5.91. The van der Waals surface area contributed by atoms with E-state index >= 15 is 0 Å². The molecule has 0 saturated heterocycles. The molecule has 1 aromatic rings. The second kappa shape index (κ2) is 7.99. The molecule has 1 aromatic carbocycles. The molecule has 1 aliphatic rings. The van der Waals surface area contributed by atoms with E-state index in [4.69, 9.17) is 16.3 Å². The molecule has 0 unspecified atom stereocenters. The van der Waals surface area contributed by atoms with E-state index in [1.54, 1.807) is 7.11 Å². The second-order valence-electron chi connectivity index (χ2n) is 5.67. The molecule has 0 spiro atoms. The third kappa shape index (κ3) is 4.74. The first-order valence-corrected chi connectivity index (χ1v) is 7.73. The summed E-state index contributed by atoms with van der Waals surface area (Å²) in [7, 11) is 3.88. The highest BCUT2D eigenvalue weighted by atomic mass is 35.5. The molecule has 0 bridgehead atoms. The number of benzene rings is 1. The van der Waals surface area contributed by atoms with Gasteiger partial charge < -0.3 is 15.0 Å². The molecule has 0 heterocycles. The minimum Gasteiger partial charge on any atom is -0.383 e. The fraction of sp³-hybridized carbons (Fsp3) is 0.625. The average molecular weight is 297 g/mol. The van der Waals surface area contributed by atoms with Gasteiger partial charge in [0.05, 0.1) is 6.61 Å². The lowest BCUT2D eigenvalue weighted by Crippen LogP contribution is -2.43. The molecular weight excluding hydrogens is 272 g/mol. The molecule has 1 saturated carbocycles. The van der Waals surface area contributed by atoms with Gasteiger partial charge in [0, 0.05) is 37.8 Å². The van der Waals surface area contributed by atoms with Crippen LogP contribution in [0.3, 0.4) is 0 Å². The smallest absolute Gasteiger partial charge is 0.0589 e. The van der Waals surface area contributed by atoms with Crippen LogP contribution in [-0.2, 0) is 4.74 Å². The Balaban J connectivity index is 1.59. The van der Waals surface area contributed by atoms with Gasteiger partial charge in [-0.15, -0.1) is 0 Å². The van der Waals surface area contributed by atoms with Crippen LogP contribution in [0.2, 0.25) is 5.02 Å². The van der Waals surface area contributed by atoms with Crippen LogP contribution in [0.5, 0.6) is 0 Å². The summed E-state index contributed by atoms with van der Waals surface area (Å²) in [6.07, 6.45) is 2.48. The summed E-state index contributed by atoms with van der Waals surface area (Å²) in [6.45, 7) is 3.93. The number of hydrogen-bond donors (Lipinski definition) is 1. The highest BCUT2D eigenvalue weighted by Crippen LogP contribution is 2.37. The Bertz CT molecular complexity index is 390. The Morgan fingerprint density at radius 3 is 2.60 bits per heavy atom. The van der Waals surface area contributed by atoms with Crippen molar-refractivity contribution in [3.63, 3.8) is 0 Å². The van der Waals surface area contributed by atoms with Crippen molar-refractivity contribution >= 4 is 11.6 Å². The van der Waals surface area contributed by atoms with Crippen molar-refractivity contribution in [2.45, 2.75) is 24.8 Å². The standard InChI is InChI=1S/C16H25ClN2O/c1-19(9-10-20-2)8-7-18-16-11-14(12-16)13-3-5-15(17)6-4-13/h3-6,14,16,18H,7-12H2,1-2H3. The van der Waals surface area contributed by atoms with E-state index in [0.29, 0.717) is 12.0 Å². The fourth-order valence-corrected chi connectivity index (χ4v) is 2.74. The zero-order valence-electron chi connectivity index (χ0n) is 12.4. The van der Waals surface area contributed by atoms with E-state index in [1.165, 1.54) is 18.4 Å². The molecule has 1 N–H and O–H groups in total. The monoisotopic (exact) mass is 296 g/mol. The van der Waals surface area contributed by atoms with Crippen molar-refractivity contribution in [3.8, 4) is 0 Å². The first kappa shape index (κ1) is 15.8. The average Bonchev–Trinajstić information content (AvgIpc) is 2.40. The van der Waals surface area contributed by atoms with Crippen LogP contribution < -0.4 is 5.32 Å². The Labute approximate surface area is 127 Å². The van der Waals surface area contributed by atoms with Gasteiger partial charge in [-0.25, -0.2) is 0 Å². The molecule has 0 atom stereocenters. The van der Waals surface area contributed by atoms with E-state index < -0.39 is 0 Å². The lowest BCUT2D eigenvalue weighted by Gasteiger charge is -2.36. The summed E-state index contributed by atoms with van der Waals surface area (Å²) in [5.74, 6) is 0.705. The van der Waals surface area contributed by atoms with Crippen molar-refractivity contribution in [1.82, 2.24) is 10.2 Å². The third-order valence-electron chi connectivity index (χ3n) is 4.08. The zero-order chi connectivity index (χ0) is 14.4. The van der Waals surface area contributed by atoms with Crippen LogP contribution in [-0.4, -0.2) is 51.3 Å². The first-order chi connectivity index (χ1) is 9.69. The normalized spacial score (nSPS) is 22.0. The van der Waals surface area contributed by atoms with Gasteiger partial charge in [0.15, 0.2) is 0 Å². The van der Waals surface area contributed by atoms with Gasteiger partial charge in [0.25, 0.3) is 0 Å². The van der Waals surface area contributed by atoms with Gasteiger partial charge in [-0.05, 0) is 43.5 Å². The van der Waals surface area contributed by atoms with Gasteiger partial charge >= 0.3 is 0 Å². The van der Waals surface area contributed by atoms with Crippen LogP contribution in [0.1, 0.15) is 24.3 Å². The Kier molecular flexibility index (Phi) is 6.30. The molecule has 1 fully saturated rings. The minimum absolute atomic E-state index is 0.673. The summed E-state index contributed by atoms with van der Waals surface area (Å²) in [5, 5.41) is 4.45. The number of likely N-dealkylation sites (N-methyl/N-ethyl adjacent to an activating group) is 1. The van der Waals surface area contributed by atoms with Crippen molar-refractivity contribution < 1.29 is 4.74 Å². The van der Waals surface area contributed by atoms with E-state index in [9.17, 15) is 0 Å². The molecule has 0 aromatic heterocycles. The van der Waals surface area contributed by atoms with Crippen LogP contribution in [0, 0.1) is 0 Å². The highest BCUT2D eigenvalue weighted by molar-refractivity contribution is 6.30. The fourth-order valence-electron chi connectivity index (χ4n) is 2.61. The first-order valence-electron chi connectivity index (χ1n) is 7.35. The largest absolute Gasteiger partial charge is 0.383 e. The second-order valence-corrected chi connectivity index (χ2v) is 6.10. The molecule has 2 rings (SSSR count). The van der Waals surface area contributed by atoms with Crippen molar-refractivity contribution in [3.05, 3.63) is 34.9 Å². The molecular formula is C16H25ClN2O. The Hall–Kier alpha value is -0.610. The van der Waals surface area contributed by atoms with Crippen molar-refractivity contribution in [2.24, 2.45) is 0 Å². The number of nitrogens with one attached hydrogen (secondary N) is 1. The number of nitrogens with zero attached hydrogens (tertiary/aromatic N) is 1. The Morgan fingerprint density at radius 1 is 1.25 bits per heavy atom. The predicted octanol–water partition coefficient (Wildman–Crippen LogP) is 2.75. The van der Waals surface area contributed by atoms with Gasteiger partial charge in [-0.3, -0.25) is 0 Å². The summed E-state index contributed by atoms with van der Waals surface area (Å²) in [5.41, 5.74) is 1.42. The summed E-state index contributed by atoms with van der Waals surface area (Å²) < 4.78 is 5.07. The van der Waals surface area contributed by atoms with Gasteiger partial charge in [0.2, 0.25) is 0 Å². The number of hydrogen-bond acceptors (Lipinski definition) is 3. The molecule has 112 valence electrons. The summed E-state index contributed by atoms with van der Waals surface area (Å²) >= 11 is 5.91. The summed E-state index contributed by atoms with van der Waals surface area (Å²) in [4.78, 5) is 2.30. The molecule has 0 aliphatic heterocycles. The highest BCUT2D eigenvalue weighted by Gasteiger charge is 2.29. The minimum atomic E-state index is 0.673.